The number of nitrogens with zero attached hydrogens (tertiary/aromatic N) is 4. The topological polar surface area (TPSA) is 125 Å². The normalized spacial score (nSPS) is 17.3. The van der Waals surface area contributed by atoms with Crippen LogP contribution in [0.5, 0.6) is 0 Å². The molecule has 1 atom stereocenters. The highest BCUT2D eigenvalue weighted by Crippen LogP contribution is 2.47. The standard InChI is InChI=1S/C27H23ClN6O2S2/c1-15-5-2-3-6-18(15)23-19(13-29)25(30)34(20-7-4-8-21(35)24(20)23)26-32-33-27(38-26)37-14-22(36)31-17-11-9-16(28)10-12-17/h2-3,5-6,9-12,23H,4,7-8,14,30H2,1H3,(H,31,36). The van der Waals surface area contributed by atoms with E-state index in [1.165, 1.54) is 23.1 Å². The summed E-state index contributed by atoms with van der Waals surface area (Å²) in [4.78, 5) is 27.4. The molecule has 0 radical (unpaired) electrons. The van der Waals surface area contributed by atoms with E-state index in [-0.39, 0.29) is 23.3 Å². The molecule has 8 nitrogen and oxygen atoms in total. The van der Waals surface area contributed by atoms with Gasteiger partial charge in [-0.25, -0.2) is 0 Å². The molecule has 1 aliphatic carbocycles. The Balaban J connectivity index is 1.42. The number of benzene rings is 2. The summed E-state index contributed by atoms with van der Waals surface area (Å²) in [5.41, 5.74) is 10.8. The SMILES string of the molecule is Cc1ccccc1C1C(C#N)=C(N)N(c2nnc(SCC(=O)Nc3ccc(Cl)cc3)s2)C2=C1C(=O)CCC2. The Morgan fingerprint density at radius 3 is 2.74 bits per heavy atom. The Bertz CT molecular complexity index is 1520. The summed E-state index contributed by atoms with van der Waals surface area (Å²) >= 11 is 8.41. The molecule has 2 aromatic carbocycles. The van der Waals surface area contributed by atoms with E-state index < -0.39 is 5.92 Å². The van der Waals surface area contributed by atoms with Gasteiger partial charge in [0.25, 0.3) is 0 Å². The van der Waals surface area contributed by atoms with Gasteiger partial charge in [0.2, 0.25) is 11.0 Å². The quantitative estimate of drug-likeness (QED) is 0.375. The number of anilines is 2. The lowest BCUT2D eigenvalue weighted by molar-refractivity contribution is -0.116. The average molecular weight is 563 g/mol. The number of Topliss-reactive ketones (excluding diaryl/α,β-unsaturated/α-hetero) is 1. The van der Waals surface area contributed by atoms with E-state index in [1.807, 2.05) is 31.2 Å². The van der Waals surface area contributed by atoms with Crippen molar-refractivity contribution in [3.63, 3.8) is 0 Å². The van der Waals surface area contributed by atoms with Crippen LogP contribution in [0.15, 0.2) is 75.5 Å². The Morgan fingerprint density at radius 2 is 2.00 bits per heavy atom. The maximum absolute atomic E-state index is 13.3. The van der Waals surface area contributed by atoms with E-state index in [4.69, 9.17) is 17.3 Å². The summed E-state index contributed by atoms with van der Waals surface area (Å²) in [5.74, 6) is -0.306. The Labute approximate surface area is 233 Å². The van der Waals surface area contributed by atoms with Crippen LogP contribution in [-0.4, -0.2) is 27.6 Å². The minimum absolute atomic E-state index is 0.0164. The number of amides is 1. The van der Waals surface area contributed by atoms with E-state index in [2.05, 4.69) is 21.6 Å². The van der Waals surface area contributed by atoms with Crippen LogP contribution in [0.25, 0.3) is 0 Å². The molecule has 0 spiro atoms. The zero-order valence-corrected chi connectivity index (χ0v) is 22.8. The third-order valence-corrected chi connectivity index (χ3v) is 8.75. The summed E-state index contributed by atoms with van der Waals surface area (Å²) in [6.45, 7) is 1.97. The molecule has 0 bridgehead atoms. The highest BCUT2D eigenvalue weighted by molar-refractivity contribution is 8.01. The molecular weight excluding hydrogens is 540 g/mol. The van der Waals surface area contributed by atoms with Crippen LogP contribution in [-0.2, 0) is 9.59 Å². The second kappa shape index (κ2) is 11.0. The van der Waals surface area contributed by atoms with E-state index in [0.29, 0.717) is 50.6 Å². The summed E-state index contributed by atoms with van der Waals surface area (Å²) in [6, 6.07) is 16.9. The van der Waals surface area contributed by atoms with E-state index in [0.717, 1.165) is 16.8 Å². The maximum atomic E-state index is 13.3. The van der Waals surface area contributed by atoms with Gasteiger partial charge in [-0.1, -0.05) is 59.0 Å². The van der Waals surface area contributed by atoms with Crippen molar-refractivity contribution < 1.29 is 9.59 Å². The number of nitrogens with two attached hydrogens (primary N) is 1. The largest absolute Gasteiger partial charge is 0.384 e. The van der Waals surface area contributed by atoms with Gasteiger partial charge in [0.15, 0.2) is 10.1 Å². The average Bonchev–Trinajstić information content (AvgIpc) is 3.37. The van der Waals surface area contributed by atoms with Crippen LogP contribution in [0.1, 0.15) is 36.3 Å². The molecule has 192 valence electrons. The molecule has 1 unspecified atom stereocenters. The summed E-state index contributed by atoms with van der Waals surface area (Å²) in [5, 5.41) is 22.6. The highest BCUT2D eigenvalue weighted by atomic mass is 35.5. The third kappa shape index (κ3) is 5.05. The van der Waals surface area contributed by atoms with Crippen molar-refractivity contribution in [2.24, 2.45) is 5.73 Å². The lowest BCUT2D eigenvalue weighted by Gasteiger charge is -2.38. The zero-order chi connectivity index (χ0) is 26.8. The molecule has 5 rings (SSSR count). The van der Waals surface area contributed by atoms with Crippen LogP contribution in [0, 0.1) is 18.3 Å². The molecule has 1 amide bonds. The smallest absolute Gasteiger partial charge is 0.234 e. The van der Waals surface area contributed by atoms with E-state index in [1.54, 1.807) is 29.2 Å². The third-order valence-electron chi connectivity index (χ3n) is 6.45. The van der Waals surface area contributed by atoms with Gasteiger partial charge in [-0.15, -0.1) is 10.2 Å². The van der Waals surface area contributed by atoms with E-state index >= 15 is 0 Å². The number of carbonyl (C=O) groups excluding carboxylic acids is 2. The van der Waals surface area contributed by atoms with Crippen molar-refractivity contribution >= 4 is 57.2 Å². The first-order chi connectivity index (χ1) is 18.4. The van der Waals surface area contributed by atoms with Crippen molar-refractivity contribution in [3.05, 3.63) is 87.3 Å². The molecule has 1 aromatic heterocycles. The number of carbonyl (C=O) groups is 2. The molecule has 3 aromatic rings. The van der Waals surface area contributed by atoms with E-state index in [9.17, 15) is 14.9 Å². The minimum Gasteiger partial charge on any atom is -0.384 e. The predicted octanol–water partition coefficient (Wildman–Crippen LogP) is 5.54. The fraction of sp³-hybridized carbons (Fsp3) is 0.222. The number of aryl methyl sites for hydroxylation is 1. The van der Waals surface area contributed by atoms with Gasteiger partial charge < -0.3 is 11.1 Å². The van der Waals surface area contributed by atoms with Crippen LogP contribution < -0.4 is 16.0 Å². The van der Waals surface area contributed by atoms with Gasteiger partial charge in [0.05, 0.1) is 23.3 Å². The molecule has 0 fully saturated rings. The molecule has 0 saturated carbocycles. The van der Waals surface area contributed by atoms with Crippen molar-refractivity contribution in [3.8, 4) is 6.07 Å². The second-order valence-corrected chi connectivity index (χ2v) is 11.5. The monoisotopic (exact) mass is 562 g/mol. The lowest BCUT2D eigenvalue weighted by atomic mass is 9.75. The van der Waals surface area contributed by atoms with Gasteiger partial charge in [-0.2, -0.15) is 5.26 Å². The number of nitriles is 1. The van der Waals surface area contributed by atoms with Crippen LogP contribution >= 0.6 is 34.7 Å². The predicted molar refractivity (Wildman–Crippen MR) is 150 cm³/mol. The number of thioether (sulfide) groups is 1. The number of hydrogen-bond acceptors (Lipinski definition) is 9. The van der Waals surface area contributed by atoms with Gasteiger partial charge in [0.1, 0.15) is 5.82 Å². The zero-order valence-electron chi connectivity index (χ0n) is 20.4. The molecule has 1 aliphatic heterocycles. The number of hydrogen-bond donors (Lipinski definition) is 2. The Hall–Kier alpha value is -3.65. The molecular formula is C27H23ClN6O2S2. The molecule has 0 saturated heterocycles. The highest BCUT2D eigenvalue weighted by Gasteiger charge is 2.41. The number of rotatable bonds is 6. The summed E-state index contributed by atoms with van der Waals surface area (Å²) in [6.07, 6.45) is 1.75. The van der Waals surface area contributed by atoms with Crippen molar-refractivity contribution in [2.75, 3.05) is 16.0 Å². The fourth-order valence-electron chi connectivity index (χ4n) is 4.74. The number of ketones is 1. The molecule has 38 heavy (non-hydrogen) atoms. The first-order valence-corrected chi connectivity index (χ1v) is 14.1. The number of halogens is 1. The van der Waals surface area contributed by atoms with Gasteiger partial charge in [-0.3, -0.25) is 14.5 Å². The number of allylic oxidation sites excluding steroid dienone is 3. The second-order valence-electron chi connectivity index (χ2n) is 8.87. The maximum Gasteiger partial charge on any atom is 0.234 e. The molecule has 2 aliphatic rings. The van der Waals surface area contributed by atoms with Crippen LogP contribution in [0.3, 0.4) is 0 Å². The fourth-order valence-corrected chi connectivity index (χ4v) is 6.54. The number of aromatic nitrogens is 2. The van der Waals surface area contributed by atoms with Crippen LogP contribution in [0.4, 0.5) is 10.8 Å². The Morgan fingerprint density at radius 1 is 1.24 bits per heavy atom. The van der Waals surface area contributed by atoms with Gasteiger partial charge in [-0.05, 0) is 55.2 Å². The first kappa shape index (κ1) is 26.0. The lowest BCUT2D eigenvalue weighted by Crippen LogP contribution is -2.38. The summed E-state index contributed by atoms with van der Waals surface area (Å²) in [7, 11) is 0. The Kier molecular flexibility index (Phi) is 7.51. The van der Waals surface area contributed by atoms with Crippen molar-refractivity contribution in [2.45, 2.75) is 36.4 Å². The van der Waals surface area contributed by atoms with Crippen molar-refractivity contribution in [1.82, 2.24) is 10.2 Å². The molecule has 2 heterocycles. The van der Waals surface area contributed by atoms with Crippen LogP contribution in [0.2, 0.25) is 5.02 Å². The van der Waals surface area contributed by atoms with Crippen molar-refractivity contribution in [1.29, 1.82) is 5.26 Å². The first-order valence-electron chi connectivity index (χ1n) is 11.9. The van der Waals surface area contributed by atoms with Gasteiger partial charge >= 0.3 is 0 Å². The molecule has 3 N–H and O–H groups in total. The van der Waals surface area contributed by atoms with Gasteiger partial charge in [0, 0.05) is 28.4 Å². The summed E-state index contributed by atoms with van der Waals surface area (Å²) < 4.78 is 0.572. The number of nitrogens with one attached hydrogen (secondary N) is 1. The molecule has 11 heteroatoms. The minimum atomic E-state index is -0.515.